The molecule has 0 aromatic heterocycles. The fourth-order valence-electron chi connectivity index (χ4n) is 2.97. The van der Waals surface area contributed by atoms with E-state index >= 15 is 0 Å². The summed E-state index contributed by atoms with van der Waals surface area (Å²) >= 11 is 0. The first-order valence-corrected chi connectivity index (χ1v) is 10.7. The lowest BCUT2D eigenvalue weighted by Gasteiger charge is -2.24. The quantitative estimate of drug-likeness (QED) is 0.666. The number of sulfonamides is 1. The smallest absolute Gasteiger partial charge is 0.255 e. The van der Waals surface area contributed by atoms with E-state index in [9.17, 15) is 13.2 Å². The average molecular weight is 410 g/mol. The molecule has 0 aliphatic carbocycles. The van der Waals surface area contributed by atoms with Crippen LogP contribution in [-0.2, 0) is 10.0 Å². The van der Waals surface area contributed by atoms with E-state index in [1.54, 1.807) is 36.4 Å². The molecular weight excluding hydrogens is 388 g/mol. The van der Waals surface area contributed by atoms with Crippen LogP contribution in [0.25, 0.3) is 11.1 Å². The number of carbonyl (C=O) groups is 1. The maximum atomic E-state index is 12.8. The zero-order chi connectivity index (χ0) is 21.0. The minimum atomic E-state index is -3.55. The summed E-state index contributed by atoms with van der Waals surface area (Å²) in [6.07, 6.45) is 1.10. The average Bonchev–Trinajstić information content (AvgIpc) is 2.73. The second-order valence-corrected chi connectivity index (χ2v) is 8.47. The van der Waals surface area contributed by atoms with Crippen LogP contribution in [0.1, 0.15) is 10.4 Å². The van der Waals surface area contributed by atoms with Crippen molar-refractivity contribution in [3.63, 3.8) is 0 Å². The van der Waals surface area contributed by atoms with Crippen LogP contribution in [-0.4, -0.2) is 34.7 Å². The largest absolute Gasteiger partial charge is 0.494 e. The highest BCUT2D eigenvalue weighted by Gasteiger charge is 2.23. The first-order valence-electron chi connectivity index (χ1n) is 8.89. The lowest BCUT2D eigenvalue weighted by Crippen LogP contribution is -2.26. The topological polar surface area (TPSA) is 75.7 Å². The minimum Gasteiger partial charge on any atom is -0.494 e. The van der Waals surface area contributed by atoms with Crippen LogP contribution >= 0.6 is 0 Å². The van der Waals surface area contributed by atoms with E-state index in [4.69, 9.17) is 4.74 Å². The van der Waals surface area contributed by atoms with Crippen LogP contribution < -0.4 is 14.4 Å². The highest BCUT2D eigenvalue weighted by Crippen LogP contribution is 2.43. The Hall–Kier alpha value is -3.32. The Morgan fingerprint density at radius 3 is 2.07 bits per heavy atom. The Labute approximate surface area is 170 Å². The molecule has 0 saturated heterocycles. The van der Waals surface area contributed by atoms with E-state index in [1.807, 2.05) is 36.4 Å². The molecule has 0 fully saturated rings. The van der Waals surface area contributed by atoms with Gasteiger partial charge in [-0.1, -0.05) is 48.5 Å². The third kappa shape index (κ3) is 4.41. The van der Waals surface area contributed by atoms with Crippen molar-refractivity contribution in [1.29, 1.82) is 0 Å². The van der Waals surface area contributed by atoms with Gasteiger partial charge in [-0.25, -0.2) is 8.42 Å². The molecule has 1 amide bonds. The number of methoxy groups -OCH3 is 1. The van der Waals surface area contributed by atoms with Crippen molar-refractivity contribution in [2.45, 2.75) is 0 Å². The van der Waals surface area contributed by atoms with Crippen LogP contribution in [0.2, 0.25) is 0 Å². The number of benzene rings is 3. The van der Waals surface area contributed by atoms with Crippen LogP contribution in [0.5, 0.6) is 5.75 Å². The van der Waals surface area contributed by atoms with Crippen molar-refractivity contribution >= 4 is 27.3 Å². The van der Waals surface area contributed by atoms with Crippen LogP contribution in [0.15, 0.2) is 72.8 Å². The number of hydrogen-bond acceptors (Lipinski definition) is 4. The van der Waals surface area contributed by atoms with Gasteiger partial charge in [0.05, 0.1) is 19.1 Å². The van der Waals surface area contributed by atoms with Gasteiger partial charge >= 0.3 is 0 Å². The molecule has 1 N–H and O–H groups in total. The number of anilines is 2. The van der Waals surface area contributed by atoms with Gasteiger partial charge in [0.1, 0.15) is 5.69 Å². The summed E-state index contributed by atoms with van der Waals surface area (Å²) in [6.45, 7) is 0. The molecule has 3 rings (SSSR count). The van der Waals surface area contributed by atoms with Gasteiger partial charge in [-0.2, -0.15) is 0 Å². The molecule has 0 heterocycles. The second-order valence-electron chi connectivity index (χ2n) is 6.46. The molecule has 0 radical (unpaired) electrons. The Bertz CT molecular complexity index is 1110. The van der Waals surface area contributed by atoms with Gasteiger partial charge in [-0.3, -0.25) is 9.10 Å². The predicted octanol–water partition coefficient (Wildman–Crippen LogP) is 4.01. The summed E-state index contributed by atoms with van der Waals surface area (Å²) in [6, 6.07) is 21.7. The molecule has 29 heavy (non-hydrogen) atoms. The predicted molar refractivity (Wildman–Crippen MR) is 116 cm³/mol. The van der Waals surface area contributed by atoms with Gasteiger partial charge in [0.2, 0.25) is 10.0 Å². The molecule has 0 aliphatic heterocycles. The molecule has 0 saturated carbocycles. The van der Waals surface area contributed by atoms with Gasteiger partial charge < -0.3 is 10.1 Å². The van der Waals surface area contributed by atoms with Gasteiger partial charge in [-0.15, -0.1) is 0 Å². The Morgan fingerprint density at radius 1 is 0.931 bits per heavy atom. The SMILES string of the molecule is COc1c(-c2ccccc2)ccc(N(C)S(C)(=O)=O)c1NC(=O)c1ccccc1. The Balaban J connectivity index is 2.19. The van der Waals surface area contributed by atoms with Gasteiger partial charge in [-0.05, 0) is 29.8 Å². The summed E-state index contributed by atoms with van der Waals surface area (Å²) in [5.74, 6) is 0.0192. The molecule has 0 spiro atoms. The Morgan fingerprint density at radius 2 is 1.52 bits per heavy atom. The zero-order valence-corrected chi connectivity index (χ0v) is 17.2. The highest BCUT2D eigenvalue weighted by molar-refractivity contribution is 7.92. The number of nitrogens with one attached hydrogen (secondary N) is 1. The van der Waals surface area contributed by atoms with Crippen molar-refractivity contribution in [2.24, 2.45) is 0 Å². The third-order valence-corrected chi connectivity index (χ3v) is 5.73. The van der Waals surface area contributed by atoms with Crippen molar-refractivity contribution < 1.29 is 17.9 Å². The van der Waals surface area contributed by atoms with E-state index in [-0.39, 0.29) is 11.6 Å². The molecule has 0 atom stereocenters. The molecular formula is C22H22N2O4S. The number of amides is 1. The van der Waals surface area contributed by atoms with Gasteiger partial charge in [0.15, 0.2) is 5.75 Å². The minimum absolute atomic E-state index is 0.288. The third-order valence-electron chi connectivity index (χ3n) is 4.54. The fraction of sp³-hybridized carbons (Fsp3) is 0.136. The summed E-state index contributed by atoms with van der Waals surface area (Å²) < 4.78 is 31.1. The molecule has 0 unspecified atom stereocenters. The van der Waals surface area contributed by atoms with Crippen LogP contribution in [0.4, 0.5) is 11.4 Å². The fourth-order valence-corrected chi connectivity index (χ4v) is 3.48. The number of hydrogen-bond donors (Lipinski definition) is 1. The molecule has 0 aliphatic rings. The molecule has 0 bridgehead atoms. The van der Waals surface area contributed by atoms with E-state index in [2.05, 4.69) is 5.32 Å². The molecule has 150 valence electrons. The first kappa shape index (κ1) is 20.4. The van der Waals surface area contributed by atoms with E-state index < -0.39 is 10.0 Å². The molecule has 7 heteroatoms. The molecule has 6 nitrogen and oxygen atoms in total. The normalized spacial score (nSPS) is 11.0. The number of rotatable bonds is 6. The standard InChI is InChI=1S/C22H22N2O4S/c1-24(29(3,26)27)19-15-14-18(16-10-6-4-7-11-16)21(28-2)20(19)23-22(25)17-12-8-5-9-13-17/h4-15H,1-3H3,(H,23,25). The van der Waals surface area contributed by atoms with Crippen molar-refractivity contribution in [2.75, 3.05) is 30.0 Å². The summed E-state index contributed by atoms with van der Waals surface area (Å²) in [7, 11) is -0.630. The van der Waals surface area contributed by atoms with Gasteiger partial charge in [0.25, 0.3) is 5.91 Å². The van der Waals surface area contributed by atoms with Crippen LogP contribution in [0, 0.1) is 0 Å². The van der Waals surface area contributed by atoms with Crippen molar-refractivity contribution in [1.82, 2.24) is 0 Å². The zero-order valence-electron chi connectivity index (χ0n) is 16.4. The lowest BCUT2D eigenvalue weighted by molar-refractivity contribution is 0.102. The van der Waals surface area contributed by atoms with E-state index in [1.165, 1.54) is 14.2 Å². The lowest BCUT2D eigenvalue weighted by atomic mass is 10.0. The van der Waals surface area contributed by atoms with Crippen LogP contribution in [0.3, 0.4) is 0 Å². The summed E-state index contributed by atoms with van der Waals surface area (Å²) in [5, 5.41) is 2.84. The number of nitrogens with zero attached hydrogens (tertiary/aromatic N) is 1. The van der Waals surface area contributed by atoms with Gasteiger partial charge in [0, 0.05) is 18.2 Å². The van der Waals surface area contributed by atoms with E-state index in [0.717, 1.165) is 21.7 Å². The first-order chi connectivity index (χ1) is 13.8. The molecule has 3 aromatic carbocycles. The van der Waals surface area contributed by atoms with Crippen molar-refractivity contribution in [3.8, 4) is 16.9 Å². The Kier molecular flexibility index (Phi) is 5.89. The maximum absolute atomic E-state index is 12.8. The number of ether oxygens (including phenoxy) is 1. The monoisotopic (exact) mass is 410 g/mol. The van der Waals surface area contributed by atoms with Crippen molar-refractivity contribution in [3.05, 3.63) is 78.4 Å². The number of carbonyl (C=O) groups excluding carboxylic acids is 1. The summed E-state index contributed by atoms with van der Waals surface area (Å²) in [4.78, 5) is 12.8. The summed E-state index contributed by atoms with van der Waals surface area (Å²) in [5.41, 5.74) is 2.67. The maximum Gasteiger partial charge on any atom is 0.255 e. The van der Waals surface area contributed by atoms with E-state index in [0.29, 0.717) is 17.0 Å². The highest BCUT2D eigenvalue weighted by atomic mass is 32.2. The second kappa shape index (κ2) is 8.36. The molecule has 3 aromatic rings.